The quantitative estimate of drug-likeness (QED) is 0.324. The third-order valence-electron chi connectivity index (χ3n) is 5.73. The molecular weight excluding hydrogens is 396 g/mol. The van der Waals surface area contributed by atoms with Crippen molar-refractivity contribution >= 4 is 16.8 Å². The van der Waals surface area contributed by atoms with Crippen molar-refractivity contribution in [3.8, 4) is 17.1 Å². The van der Waals surface area contributed by atoms with E-state index in [0.717, 1.165) is 16.6 Å². The summed E-state index contributed by atoms with van der Waals surface area (Å²) in [5.41, 5.74) is 7.25. The van der Waals surface area contributed by atoms with Crippen LogP contribution in [0, 0.1) is 0 Å². The minimum Gasteiger partial charge on any atom is -0.465 e. The number of ether oxygens (including phenoxy) is 1. The Morgan fingerprint density at radius 1 is 0.969 bits per heavy atom. The van der Waals surface area contributed by atoms with Gasteiger partial charge in [0.2, 0.25) is 0 Å². The summed E-state index contributed by atoms with van der Waals surface area (Å²) in [6.45, 7) is 11.4. The maximum absolute atomic E-state index is 12.3. The normalized spacial score (nSPS) is 11.7. The van der Waals surface area contributed by atoms with Gasteiger partial charge in [0, 0.05) is 5.56 Å². The Morgan fingerprint density at radius 2 is 1.69 bits per heavy atom. The highest BCUT2D eigenvalue weighted by molar-refractivity contribution is 6.05. The molecule has 4 heteroatoms. The Kier molecular flexibility index (Phi) is 5.88. The monoisotopic (exact) mass is 426 g/mol. The van der Waals surface area contributed by atoms with Crippen LogP contribution in [-0.2, 0) is 12.0 Å². The maximum Gasteiger partial charge on any atom is 0.297 e. The highest BCUT2D eigenvalue weighted by Gasteiger charge is 2.19. The zero-order valence-electron chi connectivity index (χ0n) is 19.5. The fourth-order valence-corrected chi connectivity index (χ4v) is 4.20. The summed E-state index contributed by atoms with van der Waals surface area (Å²) in [6.07, 6.45) is 0. The first kappa shape index (κ1) is 21.8. The number of para-hydroxylation sites is 1. The number of carbonyl (C=O) groups is 1. The average Bonchev–Trinajstić information content (AvgIpc) is 3.11. The molecule has 4 rings (SSSR count). The Morgan fingerprint density at radius 3 is 2.34 bits per heavy atom. The predicted octanol–water partition coefficient (Wildman–Crippen LogP) is 6.65. The van der Waals surface area contributed by atoms with E-state index in [-0.39, 0.29) is 11.2 Å². The number of benzene rings is 3. The van der Waals surface area contributed by atoms with Crippen LogP contribution in [0.3, 0.4) is 0 Å². The lowest BCUT2D eigenvalue weighted by atomic mass is 9.82. The Labute approximate surface area is 189 Å². The zero-order chi connectivity index (χ0) is 22.9. The van der Waals surface area contributed by atoms with Gasteiger partial charge in [-0.2, -0.15) is 4.98 Å². The number of hydrogen-bond donors (Lipinski definition) is 0. The lowest BCUT2D eigenvalue weighted by Gasteiger charge is -2.23. The Hall–Kier alpha value is -3.40. The van der Waals surface area contributed by atoms with Crippen molar-refractivity contribution in [1.29, 1.82) is 0 Å². The van der Waals surface area contributed by atoms with Crippen LogP contribution in [0.25, 0.3) is 22.2 Å². The summed E-state index contributed by atoms with van der Waals surface area (Å²) in [4.78, 5) is 16.9. The molecule has 0 N–H and O–H groups in total. The van der Waals surface area contributed by atoms with Gasteiger partial charge in [0.25, 0.3) is 6.01 Å². The van der Waals surface area contributed by atoms with E-state index in [9.17, 15) is 4.79 Å². The van der Waals surface area contributed by atoms with Crippen molar-refractivity contribution in [2.75, 3.05) is 6.61 Å². The molecule has 4 nitrogen and oxygen atoms in total. The van der Waals surface area contributed by atoms with Crippen molar-refractivity contribution in [1.82, 2.24) is 9.55 Å². The molecule has 0 atom stereocenters. The van der Waals surface area contributed by atoms with E-state index >= 15 is 0 Å². The van der Waals surface area contributed by atoms with Crippen molar-refractivity contribution in [3.63, 3.8) is 0 Å². The third kappa shape index (κ3) is 4.18. The number of ketones is 1. The van der Waals surface area contributed by atoms with E-state index in [1.54, 1.807) is 6.92 Å². The van der Waals surface area contributed by atoms with Crippen molar-refractivity contribution in [2.24, 2.45) is 0 Å². The first-order chi connectivity index (χ1) is 15.3. The number of fused-ring (bicyclic) bond motifs is 1. The van der Waals surface area contributed by atoms with E-state index in [4.69, 9.17) is 4.74 Å². The summed E-state index contributed by atoms with van der Waals surface area (Å²) in [5, 5.41) is 0. The first-order valence-electron chi connectivity index (χ1n) is 11.1. The van der Waals surface area contributed by atoms with Crippen LogP contribution in [0.4, 0.5) is 0 Å². The van der Waals surface area contributed by atoms with Crippen LogP contribution in [0.1, 0.15) is 56.1 Å². The fraction of sp³-hybridized carbons (Fsp3) is 0.286. The summed E-state index contributed by atoms with van der Waals surface area (Å²) in [7, 11) is 0. The molecule has 164 valence electrons. The van der Waals surface area contributed by atoms with Gasteiger partial charge in [0.1, 0.15) is 0 Å². The van der Waals surface area contributed by atoms with Gasteiger partial charge in [-0.25, -0.2) is 0 Å². The molecule has 32 heavy (non-hydrogen) atoms. The minimum absolute atomic E-state index is 0.0222. The second kappa shape index (κ2) is 8.62. The van der Waals surface area contributed by atoms with Crippen LogP contribution in [0.2, 0.25) is 0 Å². The van der Waals surface area contributed by atoms with Gasteiger partial charge in [0.05, 0.1) is 24.2 Å². The lowest BCUT2D eigenvalue weighted by Crippen LogP contribution is -2.12. The molecule has 0 fully saturated rings. The molecule has 3 aromatic carbocycles. The van der Waals surface area contributed by atoms with E-state index in [0.29, 0.717) is 24.7 Å². The zero-order valence-corrected chi connectivity index (χ0v) is 19.5. The van der Waals surface area contributed by atoms with Gasteiger partial charge in [-0.15, -0.1) is 0 Å². The number of hydrogen-bond acceptors (Lipinski definition) is 3. The summed E-state index contributed by atoms with van der Waals surface area (Å²) < 4.78 is 7.82. The number of Topliss-reactive ketones (excluding diaryl/α,β-unsaturated/α-hetero) is 1. The minimum atomic E-state index is 0.0222. The molecule has 0 aliphatic rings. The van der Waals surface area contributed by atoms with Gasteiger partial charge >= 0.3 is 0 Å². The van der Waals surface area contributed by atoms with Crippen LogP contribution < -0.4 is 4.74 Å². The van der Waals surface area contributed by atoms with Crippen LogP contribution in [0.15, 0.2) is 66.7 Å². The molecule has 0 amide bonds. The van der Waals surface area contributed by atoms with Crippen LogP contribution in [0.5, 0.6) is 6.01 Å². The van der Waals surface area contributed by atoms with Gasteiger partial charge < -0.3 is 4.74 Å². The van der Waals surface area contributed by atoms with Crippen molar-refractivity contribution in [3.05, 3.63) is 83.4 Å². The Bertz CT molecular complexity index is 1260. The highest BCUT2D eigenvalue weighted by atomic mass is 16.5. The topological polar surface area (TPSA) is 44.1 Å². The second-order valence-corrected chi connectivity index (χ2v) is 9.14. The van der Waals surface area contributed by atoms with E-state index in [1.807, 2.05) is 29.7 Å². The number of carbonyl (C=O) groups excluding carboxylic acids is 1. The smallest absolute Gasteiger partial charge is 0.297 e. The molecule has 4 aromatic rings. The van der Waals surface area contributed by atoms with Crippen molar-refractivity contribution < 1.29 is 9.53 Å². The summed E-state index contributed by atoms with van der Waals surface area (Å²) in [6, 6.07) is 23.4. The highest BCUT2D eigenvalue weighted by Crippen LogP contribution is 2.33. The molecule has 0 bridgehead atoms. The number of aromatic nitrogens is 2. The molecule has 0 saturated carbocycles. The lowest BCUT2D eigenvalue weighted by molar-refractivity contribution is 0.101. The molecule has 0 radical (unpaired) electrons. The molecule has 0 saturated heterocycles. The molecule has 0 aliphatic heterocycles. The fourth-order valence-electron chi connectivity index (χ4n) is 4.20. The van der Waals surface area contributed by atoms with E-state index in [2.05, 4.69) is 74.3 Å². The first-order valence-corrected chi connectivity index (χ1v) is 11.1. The number of imidazole rings is 1. The standard InChI is InChI=1S/C28H30N2O2/c1-6-32-27-29-25-13-9-11-22(19(2)31)26(25)30(27)18-20-14-16-21(17-15-20)23-10-7-8-12-24(23)28(3,4)5/h7-17H,6,18H2,1-5H3. The molecule has 1 heterocycles. The molecule has 1 aromatic heterocycles. The number of nitrogens with zero attached hydrogens (tertiary/aromatic N) is 2. The van der Waals surface area contributed by atoms with Gasteiger partial charge in [0.15, 0.2) is 5.78 Å². The van der Waals surface area contributed by atoms with Crippen LogP contribution >= 0.6 is 0 Å². The average molecular weight is 427 g/mol. The van der Waals surface area contributed by atoms with E-state index < -0.39 is 0 Å². The molecule has 0 spiro atoms. The van der Waals surface area contributed by atoms with Crippen molar-refractivity contribution in [2.45, 2.75) is 46.6 Å². The molecule has 0 aliphatic carbocycles. The third-order valence-corrected chi connectivity index (χ3v) is 5.73. The Balaban J connectivity index is 1.74. The predicted molar refractivity (Wildman–Crippen MR) is 131 cm³/mol. The molecule has 0 unspecified atom stereocenters. The van der Waals surface area contributed by atoms with Crippen LogP contribution in [-0.4, -0.2) is 21.9 Å². The van der Waals surface area contributed by atoms with Gasteiger partial charge in [-0.3, -0.25) is 9.36 Å². The number of rotatable bonds is 6. The largest absolute Gasteiger partial charge is 0.465 e. The van der Waals surface area contributed by atoms with Gasteiger partial charge in [-0.05, 0) is 53.6 Å². The second-order valence-electron chi connectivity index (χ2n) is 9.14. The molecular formula is C28H30N2O2. The summed E-state index contributed by atoms with van der Waals surface area (Å²) >= 11 is 0. The SMILES string of the molecule is CCOc1nc2cccc(C(C)=O)c2n1Cc1ccc(-c2ccccc2C(C)(C)C)cc1. The van der Waals surface area contributed by atoms with E-state index in [1.165, 1.54) is 16.7 Å². The maximum atomic E-state index is 12.3. The van der Waals surface area contributed by atoms with Gasteiger partial charge in [-0.1, -0.05) is 75.4 Å². The summed E-state index contributed by atoms with van der Waals surface area (Å²) in [5.74, 6) is 0.0222.